The standard InChI is InChI=1S/C6H7ClN2O/c7-6(10)9-3-1-2-5(9)4-8/h5H,1-3H2/t5-/m1/s1. The summed E-state index contributed by atoms with van der Waals surface area (Å²) in [6.07, 6.45) is 1.64. The van der Waals surface area contributed by atoms with Crippen molar-refractivity contribution in [3.8, 4) is 6.07 Å². The highest BCUT2D eigenvalue weighted by molar-refractivity contribution is 6.62. The van der Waals surface area contributed by atoms with Crippen LogP contribution in [0.4, 0.5) is 4.79 Å². The van der Waals surface area contributed by atoms with E-state index in [-0.39, 0.29) is 6.04 Å². The fraction of sp³-hybridized carbons (Fsp3) is 0.667. The molecule has 1 fully saturated rings. The molecule has 0 bridgehead atoms. The highest BCUT2D eigenvalue weighted by Crippen LogP contribution is 2.17. The van der Waals surface area contributed by atoms with Crippen LogP contribution in [0.15, 0.2) is 0 Å². The third-order valence-electron chi connectivity index (χ3n) is 1.63. The van der Waals surface area contributed by atoms with Crippen molar-refractivity contribution in [2.75, 3.05) is 6.54 Å². The summed E-state index contributed by atoms with van der Waals surface area (Å²) in [7, 11) is 0. The van der Waals surface area contributed by atoms with E-state index in [1.807, 2.05) is 6.07 Å². The third kappa shape index (κ3) is 1.22. The van der Waals surface area contributed by atoms with Gasteiger partial charge in [0.1, 0.15) is 6.04 Å². The van der Waals surface area contributed by atoms with Gasteiger partial charge in [0, 0.05) is 6.54 Å². The Balaban J connectivity index is 2.61. The molecule has 0 aliphatic carbocycles. The fourth-order valence-corrected chi connectivity index (χ4v) is 1.31. The number of halogens is 1. The summed E-state index contributed by atoms with van der Waals surface area (Å²) in [4.78, 5) is 11.9. The molecule has 0 spiro atoms. The second-order valence-corrected chi connectivity index (χ2v) is 2.56. The Bertz CT molecular complexity index is 187. The lowest BCUT2D eigenvalue weighted by atomic mass is 10.2. The summed E-state index contributed by atoms with van der Waals surface area (Å²) in [6, 6.07) is 1.73. The van der Waals surface area contributed by atoms with E-state index in [0.717, 1.165) is 12.8 Å². The molecule has 0 aromatic rings. The lowest BCUT2D eigenvalue weighted by molar-refractivity contribution is 0.225. The Hall–Kier alpha value is -0.750. The molecule has 0 N–H and O–H groups in total. The van der Waals surface area contributed by atoms with Gasteiger partial charge in [-0.15, -0.1) is 0 Å². The van der Waals surface area contributed by atoms with Gasteiger partial charge in [-0.3, -0.25) is 4.79 Å². The first-order chi connectivity index (χ1) is 4.75. The van der Waals surface area contributed by atoms with Crippen LogP contribution in [0, 0.1) is 11.3 Å². The van der Waals surface area contributed by atoms with Crippen LogP contribution in [0.2, 0.25) is 0 Å². The van der Waals surface area contributed by atoms with E-state index in [1.54, 1.807) is 0 Å². The second kappa shape index (κ2) is 2.89. The number of nitriles is 1. The van der Waals surface area contributed by atoms with Crippen LogP contribution in [-0.4, -0.2) is 22.9 Å². The first-order valence-corrected chi connectivity index (χ1v) is 3.49. The van der Waals surface area contributed by atoms with Gasteiger partial charge in [0.05, 0.1) is 6.07 Å². The summed E-state index contributed by atoms with van der Waals surface area (Å²) >= 11 is 5.19. The molecule has 1 amide bonds. The highest BCUT2D eigenvalue weighted by Gasteiger charge is 2.26. The molecule has 0 aromatic heterocycles. The van der Waals surface area contributed by atoms with Crippen LogP contribution in [-0.2, 0) is 0 Å². The number of hydrogen-bond donors (Lipinski definition) is 0. The maximum Gasteiger partial charge on any atom is 0.317 e. The van der Waals surface area contributed by atoms with Gasteiger partial charge in [-0.25, -0.2) is 0 Å². The highest BCUT2D eigenvalue weighted by atomic mass is 35.5. The molecule has 4 heteroatoms. The SMILES string of the molecule is N#C[C@H]1CCCN1C(=O)Cl. The summed E-state index contributed by atoms with van der Waals surface area (Å²) in [6.45, 7) is 0.626. The van der Waals surface area contributed by atoms with Crippen LogP contribution in [0.1, 0.15) is 12.8 Å². The molecule has 1 rings (SSSR count). The van der Waals surface area contributed by atoms with Crippen molar-refractivity contribution in [1.82, 2.24) is 4.90 Å². The van der Waals surface area contributed by atoms with Gasteiger partial charge < -0.3 is 4.90 Å². The average molecular weight is 159 g/mol. The van der Waals surface area contributed by atoms with Crippen LogP contribution in [0.5, 0.6) is 0 Å². The van der Waals surface area contributed by atoms with E-state index in [9.17, 15) is 4.79 Å². The molecule has 0 unspecified atom stereocenters. The Morgan fingerprint density at radius 3 is 2.90 bits per heavy atom. The predicted molar refractivity (Wildman–Crippen MR) is 36.6 cm³/mol. The third-order valence-corrected chi connectivity index (χ3v) is 1.84. The van der Waals surface area contributed by atoms with E-state index in [0.29, 0.717) is 6.54 Å². The van der Waals surface area contributed by atoms with Gasteiger partial charge in [0.2, 0.25) is 0 Å². The quantitative estimate of drug-likeness (QED) is 0.394. The Labute approximate surface area is 64.2 Å². The molecule has 1 saturated heterocycles. The minimum Gasteiger partial charge on any atom is -0.313 e. The van der Waals surface area contributed by atoms with Crippen molar-refractivity contribution >= 4 is 17.0 Å². The predicted octanol–water partition coefficient (Wildman–Crippen LogP) is 1.33. The van der Waals surface area contributed by atoms with Crippen molar-refractivity contribution in [1.29, 1.82) is 5.26 Å². The van der Waals surface area contributed by atoms with Gasteiger partial charge in [-0.1, -0.05) is 0 Å². The minimum absolute atomic E-state index is 0.287. The molecule has 3 nitrogen and oxygen atoms in total. The number of likely N-dealkylation sites (tertiary alicyclic amines) is 1. The maximum atomic E-state index is 10.6. The number of carbonyl (C=O) groups is 1. The van der Waals surface area contributed by atoms with Crippen LogP contribution >= 0.6 is 11.6 Å². The molecule has 1 heterocycles. The lowest BCUT2D eigenvalue weighted by Crippen LogP contribution is -2.30. The van der Waals surface area contributed by atoms with Crippen LogP contribution < -0.4 is 0 Å². The monoisotopic (exact) mass is 158 g/mol. The van der Waals surface area contributed by atoms with E-state index in [1.165, 1.54) is 4.90 Å². The number of hydrogen-bond acceptors (Lipinski definition) is 2. The smallest absolute Gasteiger partial charge is 0.313 e. The zero-order valence-corrected chi connectivity index (χ0v) is 6.14. The summed E-state index contributed by atoms with van der Waals surface area (Å²) < 4.78 is 0. The molecule has 0 radical (unpaired) electrons. The maximum absolute atomic E-state index is 10.6. The largest absolute Gasteiger partial charge is 0.317 e. The number of amides is 1. The van der Waals surface area contributed by atoms with Crippen molar-refractivity contribution in [3.63, 3.8) is 0 Å². The van der Waals surface area contributed by atoms with E-state index >= 15 is 0 Å². The first kappa shape index (κ1) is 7.36. The van der Waals surface area contributed by atoms with Gasteiger partial charge in [-0.2, -0.15) is 5.26 Å². The molecular formula is C6H7ClN2O. The topological polar surface area (TPSA) is 44.1 Å². The van der Waals surface area contributed by atoms with Crippen LogP contribution in [0.25, 0.3) is 0 Å². The molecule has 1 atom stereocenters. The Morgan fingerprint density at radius 1 is 1.80 bits per heavy atom. The zero-order chi connectivity index (χ0) is 7.56. The van der Waals surface area contributed by atoms with Crippen LogP contribution in [0.3, 0.4) is 0 Å². The molecular weight excluding hydrogens is 152 g/mol. The minimum atomic E-state index is -0.510. The van der Waals surface area contributed by atoms with Gasteiger partial charge in [-0.05, 0) is 24.4 Å². The number of rotatable bonds is 0. The Morgan fingerprint density at radius 2 is 2.50 bits per heavy atom. The molecule has 54 valence electrons. The van der Waals surface area contributed by atoms with Gasteiger partial charge >= 0.3 is 5.37 Å². The zero-order valence-electron chi connectivity index (χ0n) is 5.38. The van der Waals surface area contributed by atoms with Crippen molar-refractivity contribution in [2.24, 2.45) is 0 Å². The fourth-order valence-electron chi connectivity index (χ4n) is 1.11. The summed E-state index contributed by atoms with van der Waals surface area (Å²) in [5.74, 6) is 0. The molecule has 1 aliphatic heterocycles. The lowest BCUT2D eigenvalue weighted by Gasteiger charge is -2.14. The van der Waals surface area contributed by atoms with Gasteiger partial charge in [0.25, 0.3) is 0 Å². The molecule has 1 aliphatic rings. The number of nitrogens with zero attached hydrogens (tertiary/aromatic N) is 2. The van der Waals surface area contributed by atoms with Crippen molar-refractivity contribution in [3.05, 3.63) is 0 Å². The molecule has 0 aromatic carbocycles. The first-order valence-electron chi connectivity index (χ1n) is 3.11. The van der Waals surface area contributed by atoms with E-state index < -0.39 is 5.37 Å². The van der Waals surface area contributed by atoms with Crippen molar-refractivity contribution in [2.45, 2.75) is 18.9 Å². The second-order valence-electron chi connectivity index (χ2n) is 2.23. The van der Waals surface area contributed by atoms with E-state index in [4.69, 9.17) is 16.9 Å². The molecule has 10 heavy (non-hydrogen) atoms. The normalized spacial score (nSPS) is 24.4. The van der Waals surface area contributed by atoms with E-state index in [2.05, 4.69) is 0 Å². The summed E-state index contributed by atoms with van der Waals surface area (Å²) in [5, 5.41) is 7.97. The average Bonchev–Trinajstić information content (AvgIpc) is 2.33. The summed E-state index contributed by atoms with van der Waals surface area (Å²) in [5.41, 5.74) is 0. The van der Waals surface area contributed by atoms with Crippen molar-refractivity contribution < 1.29 is 4.79 Å². The number of carbonyl (C=O) groups excluding carboxylic acids is 1. The Kier molecular flexibility index (Phi) is 2.13. The molecule has 0 saturated carbocycles. The van der Waals surface area contributed by atoms with Gasteiger partial charge in [0.15, 0.2) is 0 Å².